The first-order valence-electron chi connectivity index (χ1n) is 8.66. The third-order valence-electron chi connectivity index (χ3n) is 4.63. The average Bonchev–Trinajstić information content (AvgIpc) is 3.38. The van der Waals surface area contributed by atoms with E-state index < -0.39 is 0 Å². The van der Waals surface area contributed by atoms with E-state index in [0.717, 1.165) is 37.0 Å². The maximum atomic E-state index is 4.83. The van der Waals surface area contributed by atoms with E-state index in [9.17, 15) is 0 Å². The molecule has 0 bridgehead atoms. The van der Waals surface area contributed by atoms with Gasteiger partial charge in [-0.1, -0.05) is 38.1 Å². The molecule has 1 saturated carbocycles. The van der Waals surface area contributed by atoms with Gasteiger partial charge in [0.25, 0.3) is 0 Å². The van der Waals surface area contributed by atoms with Crippen LogP contribution in [0.3, 0.4) is 0 Å². The van der Waals surface area contributed by atoms with Crippen molar-refractivity contribution in [3.05, 3.63) is 47.3 Å². The van der Waals surface area contributed by atoms with Crippen molar-refractivity contribution in [2.75, 3.05) is 16.8 Å². The summed E-state index contributed by atoms with van der Waals surface area (Å²) in [7, 11) is 0. The number of aromatic nitrogens is 2. The monoisotopic (exact) mass is 308 g/mol. The highest BCUT2D eigenvalue weighted by molar-refractivity contribution is 5.52. The number of anilines is 2. The predicted octanol–water partition coefficient (Wildman–Crippen LogP) is 3.74. The molecule has 4 nitrogen and oxygen atoms in total. The van der Waals surface area contributed by atoms with Crippen LogP contribution in [0.15, 0.2) is 30.3 Å². The highest BCUT2D eigenvalue weighted by atomic mass is 15.2. The molecule has 120 valence electrons. The number of hydrogen-bond acceptors (Lipinski definition) is 4. The summed E-state index contributed by atoms with van der Waals surface area (Å²) in [5.74, 6) is 3.32. The molecule has 0 unspecified atom stereocenters. The molecule has 1 aliphatic carbocycles. The predicted molar refractivity (Wildman–Crippen MR) is 94.0 cm³/mol. The topological polar surface area (TPSA) is 41.1 Å². The minimum absolute atomic E-state index is 0.340. The molecular weight excluding hydrogens is 284 g/mol. The van der Waals surface area contributed by atoms with Crippen molar-refractivity contribution in [2.45, 2.75) is 51.6 Å². The lowest BCUT2D eigenvalue weighted by molar-refractivity contribution is 0.703. The van der Waals surface area contributed by atoms with E-state index in [0.29, 0.717) is 12.0 Å². The highest BCUT2D eigenvalue weighted by Crippen LogP contribution is 2.29. The fourth-order valence-corrected chi connectivity index (χ4v) is 3.07. The fraction of sp³-hybridized carbons (Fsp3) is 0.474. The van der Waals surface area contributed by atoms with Gasteiger partial charge in [-0.25, -0.2) is 9.97 Å². The molecule has 1 fully saturated rings. The Hall–Kier alpha value is -2.10. The number of fused-ring (bicyclic) bond motifs is 1. The third-order valence-corrected chi connectivity index (χ3v) is 4.63. The molecule has 23 heavy (non-hydrogen) atoms. The molecule has 0 atom stereocenters. The van der Waals surface area contributed by atoms with E-state index in [1.807, 2.05) is 0 Å². The zero-order valence-electron chi connectivity index (χ0n) is 13.9. The maximum Gasteiger partial charge on any atom is 0.135 e. The normalized spacial score (nSPS) is 17.3. The molecule has 4 rings (SSSR count). The van der Waals surface area contributed by atoms with Crippen molar-refractivity contribution in [3.63, 3.8) is 0 Å². The van der Waals surface area contributed by atoms with Gasteiger partial charge in [-0.15, -0.1) is 0 Å². The van der Waals surface area contributed by atoms with Crippen LogP contribution in [0.4, 0.5) is 11.6 Å². The molecule has 0 spiro atoms. The Morgan fingerprint density at radius 2 is 1.91 bits per heavy atom. The minimum atomic E-state index is 0.340. The van der Waals surface area contributed by atoms with Crippen LogP contribution < -0.4 is 10.2 Å². The van der Waals surface area contributed by atoms with E-state index >= 15 is 0 Å². The van der Waals surface area contributed by atoms with Crippen molar-refractivity contribution < 1.29 is 0 Å². The Morgan fingerprint density at radius 1 is 1.13 bits per heavy atom. The molecule has 2 heterocycles. The Morgan fingerprint density at radius 3 is 2.65 bits per heavy atom. The van der Waals surface area contributed by atoms with Gasteiger partial charge in [-0.3, -0.25) is 0 Å². The second-order valence-electron chi connectivity index (χ2n) is 6.98. The van der Waals surface area contributed by atoms with E-state index in [4.69, 9.17) is 9.97 Å². The summed E-state index contributed by atoms with van der Waals surface area (Å²) in [5, 5.41) is 3.53. The van der Waals surface area contributed by atoms with E-state index in [-0.39, 0.29) is 0 Å². The van der Waals surface area contributed by atoms with Crippen LogP contribution in [-0.4, -0.2) is 22.6 Å². The lowest BCUT2D eigenvalue weighted by Gasteiger charge is -2.30. The first-order valence-corrected chi connectivity index (χ1v) is 8.66. The molecule has 1 N–H and O–H groups in total. The Bertz CT molecular complexity index is 706. The smallest absolute Gasteiger partial charge is 0.135 e. The van der Waals surface area contributed by atoms with Crippen LogP contribution in [-0.2, 0) is 13.0 Å². The first-order chi connectivity index (χ1) is 11.2. The first kappa shape index (κ1) is 14.5. The SMILES string of the molecule is CC(C)c1nc(NC2CC2)cc(N2CCc3ccccc3C2)n1. The van der Waals surface area contributed by atoms with Crippen molar-refractivity contribution in [3.8, 4) is 0 Å². The molecule has 1 aliphatic heterocycles. The summed E-state index contributed by atoms with van der Waals surface area (Å²) < 4.78 is 0. The van der Waals surface area contributed by atoms with Gasteiger partial charge < -0.3 is 10.2 Å². The maximum absolute atomic E-state index is 4.83. The van der Waals surface area contributed by atoms with Crippen LogP contribution >= 0.6 is 0 Å². The lowest BCUT2D eigenvalue weighted by Crippen LogP contribution is -2.31. The Balaban J connectivity index is 1.63. The summed E-state index contributed by atoms with van der Waals surface area (Å²) in [4.78, 5) is 11.9. The largest absolute Gasteiger partial charge is 0.367 e. The summed E-state index contributed by atoms with van der Waals surface area (Å²) in [5.41, 5.74) is 2.89. The molecule has 2 aliphatic rings. The molecule has 4 heteroatoms. The second kappa shape index (κ2) is 5.84. The second-order valence-corrected chi connectivity index (χ2v) is 6.98. The van der Waals surface area contributed by atoms with Gasteiger partial charge in [0, 0.05) is 31.1 Å². The lowest BCUT2D eigenvalue weighted by atomic mass is 10.00. The van der Waals surface area contributed by atoms with E-state index in [1.54, 1.807) is 0 Å². The summed E-state index contributed by atoms with van der Waals surface area (Å²) in [6.45, 7) is 6.28. The molecule has 1 aromatic heterocycles. The van der Waals surface area contributed by atoms with Gasteiger partial charge in [0.1, 0.15) is 17.5 Å². The van der Waals surface area contributed by atoms with Crippen LogP contribution in [0.25, 0.3) is 0 Å². The van der Waals surface area contributed by atoms with Gasteiger partial charge in [-0.05, 0) is 30.4 Å². The summed E-state index contributed by atoms with van der Waals surface area (Å²) in [6.07, 6.45) is 3.60. The van der Waals surface area contributed by atoms with Crippen molar-refractivity contribution >= 4 is 11.6 Å². The zero-order chi connectivity index (χ0) is 15.8. The van der Waals surface area contributed by atoms with Crippen molar-refractivity contribution in [1.82, 2.24) is 9.97 Å². The van der Waals surface area contributed by atoms with E-state index in [2.05, 4.69) is 54.4 Å². The van der Waals surface area contributed by atoms with Crippen LogP contribution in [0.1, 0.15) is 49.6 Å². The molecule has 0 amide bonds. The standard InChI is InChI=1S/C19H24N4/c1-13(2)19-21-17(20-16-7-8-16)11-18(22-19)23-10-9-14-5-3-4-6-15(14)12-23/h3-6,11,13,16H,7-10,12H2,1-2H3,(H,20,21,22). The highest BCUT2D eigenvalue weighted by Gasteiger charge is 2.23. The molecule has 2 aromatic rings. The van der Waals surface area contributed by atoms with Crippen LogP contribution in [0.5, 0.6) is 0 Å². The fourth-order valence-electron chi connectivity index (χ4n) is 3.07. The van der Waals surface area contributed by atoms with Crippen molar-refractivity contribution in [2.24, 2.45) is 0 Å². The number of rotatable bonds is 4. The number of benzene rings is 1. The van der Waals surface area contributed by atoms with Gasteiger partial charge in [-0.2, -0.15) is 0 Å². The molecule has 0 radical (unpaired) electrons. The number of hydrogen-bond donors (Lipinski definition) is 1. The van der Waals surface area contributed by atoms with Crippen LogP contribution in [0.2, 0.25) is 0 Å². The Labute approximate surface area is 138 Å². The minimum Gasteiger partial charge on any atom is -0.367 e. The molecule has 0 saturated heterocycles. The summed E-state index contributed by atoms with van der Waals surface area (Å²) >= 11 is 0. The quantitative estimate of drug-likeness (QED) is 0.934. The van der Waals surface area contributed by atoms with E-state index in [1.165, 1.54) is 24.0 Å². The summed E-state index contributed by atoms with van der Waals surface area (Å²) in [6, 6.07) is 11.5. The van der Waals surface area contributed by atoms with Gasteiger partial charge in [0.2, 0.25) is 0 Å². The average molecular weight is 308 g/mol. The van der Waals surface area contributed by atoms with Crippen LogP contribution in [0, 0.1) is 0 Å². The molecule has 1 aromatic carbocycles. The number of nitrogens with zero attached hydrogens (tertiary/aromatic N) is 3. The van der Waals surface area contributed by atoms with Gasteiger partial charge in [0.15, 0.2) is 0 Å². The third kappa shape index (κ3) is 3.16. The molecular formula is C19H24N4. The number of nitrogens with one attached hydrogen (secondary N) is 1. The Kier molecular flexibility index (Phi) is 3.68. The van der Waals surface area contributed by atoms with Gasteiger partial charge >= 0.3 is 0 Å². The zero-order valence-corrected chi connectivity index (χ0v) is 13.9. The van der Waals surface area contributed by atoms with Crippen molar-refractivity contribution in [1.29, 1.82) is 0 Å². The van der Waals surface area contributed by atoms with Gasteiger partial charge in [0.05, 0.1) is 0 Å².